The number of nitrogens with zero attached hydrogens (tertiary/aromatic N) is 2. The molecule has 1 amide bonds. The Labute approximate surface area is 150 Å². The van der Waals surface area contributed by atoms with Crippen molar-refractivity contribution >= 4 is 11.9 Å². The molecule has 0 bridgehead atoms. The maximum absolute atomic E-state index is 12.3. The minimum Gasteiger partial charge on any atom is -0.493 e. The van der Waals surface area contributed by atoms with Gasteiger partial charge in [-0.3, -0.25) is 10.1 Å². The molecule has 1 N–H and O–H groups in total. The van der Waals surface area contributed by atoms with Gasteiger partial charge in [-0.25, -0.2) is 0 Å². The summed E-state index contributed by atoms with van der Waals surface area (Å²) in [6, 6.07) is 14.7. The third-order valence-electron chi connectivity index (χ3n) is 3.78. The van der Waals surface area contributed by atoms with Gasteiger partial charge < -0.3 is 14.0 Å². The first kappa shape index (κ1) is 17.5. The Morgan fingerprint density at radius 2 is 1.81 bits per heavy atom. The van der Waals surface area contributed by atoms with Crippen molar-refractivity contribution in [3.63, 3.8) is 0 Å². The van der Waals surface area contributed by atoms with Crippen molar-refractivity contribution in [2.45, 2.75) is 20.0 Å². The zero-order chi connectivity index (χ0) is 18.5. The predicted octanol–water partition coefficient (Wildman–Crippen LogP) is 3.46. The maximum Gasteiger partial charge on any atom is 0.270 e. The third-order valence-corrected chi connectivity index (χ3v) is 3.78. The van der Waals surface area contributed by atoms with E-state index in [1.54, 1.807) is 32.2 Å². The predicted molar refractivity (Wildman–Crippen MR) is 96.2 cm³/mol. The summed E-state index contributed by atoms with van der Waals surface area (Å²) in [5, 5.41) is 6.39. The van der Waals surface area contributed by atoms with Gasteiger partial charge >= 0.3 is 0 Å². The Kier molecular flexibility index (Phi) is 5.17. The summed E-state index contributed by atoms with van der Waals surface area (Å²) < 4.78 is 16.1. The second-order valence-electron chi connectivity index (χ2n) is 5.64. The van der Waals surface area contributed by atoms with Crippen molar-refractivity contribution in [1.82, 2.24) is 10.1 Å². The molecule has 7 heteroatoms. The average molecular weight is 353 g/mol. The molecule has 3 aromatic rings. The van der Waals surface area contributed by atoms with Crippen molar-refractivity contribution in [2.24, 2.45) is 0 Å². The minimum atomic E-state index is -0.772. The number of carbonyl (C=O) groups excluding carboxylic acids is 1. The molecule has 0 aliphatic carbocycles. The molecule has 134 valence electrons. The lowest BCUT2D eigenvalue weighted by Gasteiger charge is -2.15. The minimum absolute atomic E-state index is 0.0868. The van der Waals surface area contributed by atoms with Crippen LogP contribution in [0, 0.1) is 6.92 Å². The van der Waals surface area contributed by atoms with E-state index >= 15 is 0 Å². The molecular formula is C19H19N3O4. The van der Waals surface area contributed by atoms with E-state index in [0.29, 0.717) is 17.4 Å². The standard InChI is InChI=1S/C19H19N3O4/c1-12-8-4-5-9-14(12)18-21-19(22-26-18)20-17(23)13(2)25-16-11-7-6-10-15(16)24-3/h4-11,13H,1-3H3,(H,20,22,23). The Balaban J connectivity index is 1.67. The number of aromatic nitrogens is 2. The van der Waals surface area contributed by atoms with E-state index in [1.165, 1.54) is 0 Å². The number of para-hydroxylation sites is 2. The van der Waals surface area contributed by atoms with Crippen LogP contribution in [0.3, 0.4) is 0 Å². The zero-order valence-electron chi connectivity index (χ0n) is 14.7. The highest BCUT2D eigenvalue weighted by Crippen LogP contribution is 2.27. The fraction of sp³-hybridized carbons (Fsp3) is 0.211. The van der Waals surface area contributed by atoms with Crippen LogP contribution in [0.5, 0.6) is 11.5 Å². The molecule has 0 aliphatic heterocycles. The molecule has 2 aromatic carbocycles. The first-order valence-corrected chi connectivity index (χ1v) is 8.08. The summed E-state index contributed by atoms with van der Waals surface area (Å²) >= 11 is 0. The maximum atomic E-state index is 12.3. The Morgan fingerprint density at radius 3 is 2.54 bits per heavy atom. The average Bonchev–Trinajstić information content (AvgIpc) is 3.10. The fourth-order valence-corrected chi connectivity index (χ4v) is 2.37. The molecule has 26 heavy (non-hydrogen) atoms. The van der Waals surface area contributed by atoms with Crippen molar-refractivity contribution in [2.75, 3.05) is 12.4 Å². The van der Waals surface area contributed by atoms with Gasteiger partial charge in [-0.05, 0) is 42.8 Å². The lowest BCUT2D eigenvalue weighted by molar-refractivity contribution is -0.122. The molecule has 0 saturated heterocycles. The number of amides is 1. The van der Waals surface area contributed by atoms with Gasteiger partial charge in [0.15, 0.2) is 17.6 Å². The number of hydrogen-bond donors (Lipinski definition) is 1. The SMILES string of the molecule is COc1ccccc1OC(C)C(=O)Nc1noc(-c2ccccc2C)n1. The Bertz CT molecular complexity index is 907. The van der Waals surface area contributed by atoms with Crippen LogP contribution < -0.4 is 14.8 Å². The number of benzene rings is 2. The van der Waals surface area contributed by atoms with E-state index in [4.69, 9.17) is 14.0 Å². The van der Waals surface area contributed by atoms with Gasteiger partial charge in [0, 0.05) is 5.56 Å². The van der Waals surface area contributed by atoms with Gasteiger partial charge in [0.2, 0.25) is 0 Å². The summed E-state index contributed by atoms with van der Waals surface area (Å²) in [5.41, 5.74) is 1.82. The molecule has 0 fully saturated rings. The monoisotopic (exact) mass is 353 g/mol. The summed E-state index contributed by atoms with van der Waals surface area (Å²) in [6.45, 7) is 3.57. The largest absolute Gasteiger partial charge is 0.493 e. The van der Waals surface area contributed by atoms with Crippen molar-refractivity contribution in [3.05, 3.63) is 54.1 Å². The number of rotatable bonds is 6. The second kappa shape index (κ2) is 7.69. The number of aryl methyl sites for hydroxylation is 1. The van der Waals surface area contributed by atoms with Crippen LogP contribution in [-0.2, 0) is 4.79 Å². The number of carbonyl (C=O) groups is 1. The molecule has 7 nitrogen and oxygen atoms in total. The Morgan fingerprint density at radius 1 is 1.12 bits per heavy atom. The van der Waals surface area contributed by atoms with E-state index in [-0.39, 0.29) is 5.95 Å². The molecule has 1 atom stereocenters. The number of anilines is 1. The quantitative estimate of drug-likeness (QED) is 0.730. The van der Waals surface area contributed by atoms with Crippen LogP contribution in [0.15, 0.2) is 53.1 Å². The molecular weight excluding hydrogens is 334 g/mol. The van der Waals surface area contributed by atoms with Crippen molar-refractivity contribution < 1.29 is 18.8 Å². The lowest BCUT2D eigenvalue weighted by Crippen LogP contribution is -2.30. The fourth-order valence-electron chi connectivity index (χ4n) is 2.37. The zero-order valence-corrected chi connectivity index (χ0v) is 14.7. The topological polar surface area (TPSA) is 86.5 Å². The van der Waals surface area contributed by atoms with Gasteiger partial charge in [0.05, 0.1) is 7.11 Å². The molecule has 0 aliphatic rings. The van der Waals surface area contributed by atoms with Gasteiger partial charge in [-0.2, -0.15) is 4.98 Å². The molecule has 1 aromatic heterocycles. The third kappa shape index (κ3) is 3.83. The van der Waals surface area contributed by atoms with Crippen LogP contribution in [0.2, 0.25) is 0 Å². The van der Waals surface area contributed by atoms with Crippen molar-refractivity contribution in [1.29, 1.82) is 0 Å². The first-order valence-electron chi connectivity index (χ1n) is 8.08. The van der Waals surface area contributed by atoms with E-state index in [1.807, 2.05) is 37.3 Å². The summed E-state index contributed by atoms with van der Waals surface area (Å²) in [6.07, 6.45) is -0.772. The van der Waals surface area contributed by atoms with Crippen LogP contribution >= 0.6 is 0 Å². The molecule has 0 saturated carbocycles. The van der Waals surface area contributed by atoms with Crippen LogP contribution in [0.25, 0.3) is 11.5 Å². The highest BCUT2D eigenvalue weighted by molar-refractivity contribution is 5.92. The molecule has 0 radical (unpaired) electrons. The number of ether oxygens (including phenoxy) is 2. The highest BCUT2D eigenvalue weighted by Gasteiger charge is 2.19. The van der Waals surface area contributed by atoms with Crippen LogP contribution in [0.1, 0.15) is 12.5 Å². The Hall–Kier alpha value is -3.35. The van der Waals surface area contributed by atoms with Crippen molar-refractivity contribution in [3.8, 4) is 23.0 Å². The normalized spacial score (nSPS) is 11.7. The lowest BCUT2D eigenvalue weighted by atomic mass is 10.1. The van der Waals surface area contributed by atoms with Gasteiger partial charge in [-0.15, -0.1) is 0 Å². The van der Waals surface area contributed by atoms with Gasteiger partial charge in [-0.1, -0.05) is 30.3 Å². The summed E-state index contributed by atoms with van der Waals surface area (Å²) in [4.78, 5) is 16.5. The number of methoxy groups -OCH3 is 1. The van der Waals surface area contributed by atoms with Crippen LogP contribution in [0.4, 0.5) is 5.95 Å². The van der Waals surface area contributed by atoms with E-state index in [2.05, 4.69) is 15.5 Å². The number of hydrogen-bond acceptors (Lipinski definition) is 6. The van der Waals surface area contributed by atoms with E-state index < -0.39 is 12.0 Å². The summed E-state index contributed by atoms with van der Waals surface area (Å²) in [7, 11) is 1.54. The van der Waals surface area contributed by atoms with E-state index in [9.17, 15) is 4.79 Å². The number of nitrogens with one attached hydrogen (secondary N) is 1. The van der Waals surface area contributed by atoms with Crippen LogP contribution in [-0.4, -0.2) is 29.3 Å². The second-order valence-corrected chi connectivity index (χ2v) is 5.64. The molecule has 3 rings (SSSR count). The first-order chi connectivity index (χ1) is 12.6. The molecule has 0 spiro atoms. The summed E-state index contributed by atoms with van der Waals surface area (Å²) in [5.74, 6) is 1.06. The highest BCUT2D eigenvalue weighted by atomic mass is 16.5. The van der Waals surface area contributed by atoms with E-state index in [0.717, 1.165) is 11.1 Å². The van der Waals surface area contributed by atoms with Gasteiger partial charge in [0.1, 0.15) is 0 Å². The molecule has 1 unspecified atom stereocenters. The molecule has 1 heterocycles. The van der Waals surface area contributed by atoms with Gasteiger partial charge in [0.25, 0.3) is 17.7 Å². The smallest absolute Gasteiger partial charge is 0.270 e.